The second-order valence-electron chi connectivity index (χ2n) is 3.87. The lowest BCUT2D eigenvalue weighted by molar-refractivity contribution is -0.135. The highest BCUT2D eigenvalue weighted by Crippen LogP contribution is 2.20. The van der Waals surface area contributed by atoms with Gasteiger partial charge in [-0.2, -0.15) is 0 Å². The molecule has 1 aliphatic rings. The Balaban J connectivity index is 2.07. The van der Waals surface area contributed by atoms with Crippen LogP contribution in [0.25, 0.3) is 6.08 Å². The summed E-state index contributed by atoms with van der Waals surface area (Å²) < 4.78 is 13.4. The van der Waals surface area contributed by atoms with Gasteiger partial charge in [-0.15, -0.1) is 0 Å². The maximum atomic E-state index is 13.4. The number of carbonyl (C=O) groups is 1. The van der Waals surface area contributed by atoms with E-state index in [9.17, 15) is 9.18 Å². The Morgan fingerprint density at radius 2 is 2.24 bits per heavy atom. The van der Waals surface area contributed by atoms with E-state index in [-0.39, 0.29) is 16.5 Å². The largest absolute Gasteiger partial charge is 0.389 e. The van der Waals surface area contributed by atoms with Gasteiger partial charge in [-0.25, -0.2) is 4.39 Å². The zero-order valence-corrected chi connectivity index (χ0v) is 9.69. The molecule has 0 atom stereocenters. The lowest BCUT2D eigenvalue weighted by Gasteiger charge is -2.34. The van der Waals surface area contributed by atoms with Gasteiger partial charge >= 0.3 is 0 Å². The summed E-state index contributed by atoms with van der Waals surface area (Å²) in [7, 11) is 0. The van der Waals surface area contributed by atoms with Crippen LogP contribution >= 0.6 is 11.6 Å². The molecule has 0 bridgehead atoms. The van der Waals surface area contributed by atoms with Crippen molar-refractivity contribution in [2.24, 2.45) is 0 Å². The maximum absolute atomic E-state index is 13.4. The zero-order chi connectivity index (χ0) is 12.4. The molecule has 0 saturated carbocycles. The SMILES string of the molecule is O=C(C=Cc1c(F)cccc1Cl)N1CC(O)C1. The molecule has 1 aromatic rings. The Morgan fingerprint density at radius 3 is 2.82 bits per heavy atom. The number of aliphatic hydroxyl groups is 1. The van der Waals surface area contributed by atoms with Gasteiger partial charge in [0.05, 0.1) is 11.1 Å². The molecule has 17 heavy (non-hydrogen) atoms. The van der Waals surface area contributed by atoms with E-state index in [2.05, 4.69) is 0 Å². The molecule has 1 aromatic carbocycles. The van der Waals surface area contributed by atoms with Crippen molar-refractivity contribution in [3.63, 3.8) is 0 Å². The maximum Gasteiger partial charge on any atom is 0.246 e. The van der Waals surface area contributed by atoms with Crippen molar-refractivity contribution in [3.05, 3.63) is 40.7 Å². The summed E-state index contributed by atoms with van der Waals surface area (Å²) in [5.41, 5.74) is 0.198. The number of carbonyl (C=O) groups excluding carboxylic acids is 1. The molecule has 1 heterocycles. The van der Waals surface area contributed by atoms with Crippen molar-refractivity contribution in [2.75, 3.05) is 13.1 Å². The first-order valence-electron chi connectivity index (χ1n) is 5.17. The highest BCUT2D eigenvalue weighted by Gasteiger charge is 2.27. The fourth-order valence-electron chi connectivity index (χ4n) is 1.57. The van der Waals surface area contributed by atoms with Gasteiger partial charge in [-0.1, -0.05) is 17.7 Å². The average Bonchev–Trinajstić information content (AvgIpc) is 2.24. The molecular formula is C12H11ClFNO2. The number of rotatable bonds is 2. The minimum Gasteiger partial charge on any atom is -0.389 e. The highest BCUT2D eigenvalue weighted by atomic mass is 35.5. The van der Waals surface area contributed by atoms with Gasteiger partial charge in [0, 0.05) is 24.7 Å². The van der Waals surface area contributed by atoms with E-state index in [0.29, 0.717) is 13.1 Å². The van der Waals surface area contributed by atoms with Crippen LogP contribution in [0, 0.1) is 5.82 Å². The van der Waals surface area contributed by atoms with Crippen molar-refractivity contribution in [1.82, 2.24) is 4.90 Å². The zero-order valence-electron chi connectivity index (χ0n) is 8.94. The molecule has 3 nitrogen and oxygen atoms in total. The third-order valence-electron chi connectivity index (χ3n) is 2.57. The minimum atomic E-state index is -0.467. The number of aliphatic hydroxyl groups excluding tert-OH is 1. The van der Waals surface area contributed by atoms with Gasteiger partial charge in [0.1, 0.15) is 5.82 Å². The van der Waals surface area contributed by atoms with Crippen molar-refractivity contribution in [3.8, 4) is 0 Å². The van der Waals surface area contributed by atoms with Crippen LogP contribution in [0.2, 0.25) is 5.02 Å². The van der Waals surface area contributed by atoms with Gasteiger partial charge in [0.15, 0.2) is 0 Å². The molecule has 1 amide bonds. The number of hydrogen-bond acceptors (Lipinski definition) is 2. The number of benzene rings is 1. The molecule has 5 heteroatoms. The van der Waals surface area contributed by atoms with E-state index in [1.165, 1.54) is 29.2 Å². The van der Waals surface area contributed by atoms with E-state index >= 15 is 0 Å². The molecule has 0 aliphatic carbocycles. The molecule has 1 fully saturated rings. The standard InChI is InChI=1S/C12H11ClFNO2/c13-10-2-1-3-11(14)9(10)4-5-12(17)15-6-8(16)7-15/h1-5,8,16H,6-7H2. The van der Waals surface area contributed by atoms with E-state index in [0.717, 1.165) is 0 Å². The Bertz CT molecular complexity index is 449. The first-order valence-corrected chi connectivity index (χ1v) is 5.55. The van der Waals surface area contributed by atoms with Gasteiger partial charge in [-0.3, -0.25) is 4.79 Å². The number of β-amino-alcohol motifs (C(OH)–C–C–N with tert-alkyl or cyclic N) is 1. The Hall–Kier alpha value is -1.39. The summed E-state index contributed by atoms with van der Waals surface area (Å²) in [6, 6.07) is 4.34. The molecule has 0 unspecified atom stereocenters. The molecule has 0 aromatic heterocycles. The minimum absolute atomic E-state index is 0.198. The summed E-state index contributed by atoms with van der Waals surface area (Å²) in [4.78, 5) is 13.0. The molecule has 1 saturated heterocycles. The van der Waals surface area contributed by atoms with Crippen LogP contribution in [0.4, 0.5) is 4.39 Å². The number of amides is 1. The van der Waals surface area contributed by atoms with E-state index < -0.39 is 11.9 Å². The third-order valence-corrected chi connectivity index (χ3v) is 2.90. The monoisotopic (exact) mass is 255 g/mol. The smallest absolute Gasteiger partial charge is 0.246 e. The van der Waals surface area contributed by atoms with Crippen LogP contribution < -0.4 is 0 Å². The molecule has 2 rings (SSSR count). The van der Waals surface area contributed by atoms with E-state index in [4.69, 9.17) is 16.7 Å². The fraction of sp³-hybridized carbons (Fsp3) is 0.250. The average molecular weight is 256 g/mol. The quantitative estimate of drug-likeness (QED) is 0.817. The molecule has 0 spiro atoms. The van der Waals surface area contributed by atoms with Gasteiger partial charge in [-0.05, 0) is 18.2 Å². The molecule has 0 radical (unpaired) electrons. The van der Waals surface area contributed by atoms with Crippen molar-refractivity contribution in [2.45, 2.75) is 6.10 Å². The van der Waals surface area contributed by atoms with Gasteiger partial charge in [0.25, 0.3) is 0 Å². The van der Waals surface area contributed by atoms with Crippen LogP contribution in [0.3, 0.4) is 0 Å². The summed E-state index contributed by atoms with van der Waals surface area (Å²) in [5, 5.41) is 9.30. The normalized spacial score (nSPS) is 16.3. The lowest BCUT2D eigenvalue weighted by Crippen LogP contribution is -2.52. The summed E-state index contributed by atoms with van der Waals surface area (Å²) in [6.45, 7) is 0.655. The van der Waals surface area contributed by atoms with Crippen LogP contribution in [0.5, 0.6) is 0 Å². The lowest BCUT2D eigenvalue weighted by atomic mass is 10.1. The number of hydrogen-bond donors (Lipinski definition) is 1. The predicted octanol–water partition coefficient (Wildman–Crippen LogP) is 1.70. The van der Waals surface area contributed by atoms with E-state index in [1.807, 2.05) is 0 Å². The summed E-state index contributed by atoms with van der Waals surface area (Å²) in [6.07, 6.45) is 2.17. The first-order chi connectivity index (χ1) is 8.08. The Morgan fingerprint density at radius 1 is 1.53 bits per heavy atom. The Labute approximate surface area is 103 Å². The van der Waals surface area contributed by atoms with Crippen molar-refractivity contribution in [1.29, 1.82) is 0 Å². The fourth-order valence-corrected chi connectivity index (χ4v) is 1.79. The van der Waals surface area contributed by atoms with Crippen LogP contribution in [0.15, 0.2) is 24.3 Å². The number of likely N-dealkylation sites (tertiary alicyclic amines) is 1. The second kappa shape index (κ2) is 4.85. The van der Waals surface area contributed by atoms with Gasteiger partial charge in [0.2, 0.25) is 5.91 Å². The van der Waals surface area contributed by atoms with Crippen LogP contribution in [-0.4, -0.2) is 35.1 Å². The van der Waals surface area contributed by atoms with Gasteiger partial charge < -0.3 is 10.0 Å². The number of nitrogens with zero attached hydrogens (tertiary/aromatic N) is 1. The summed E-state index contributed by atoms with van der Waals surface area (Å²) >= 11 is 5.81. The Kier molecular flexibility index (Phi) is 3.45. The first kappa shape index (κ1) is 12.1. The van der Waals surface area contributed by atoms with Crippen LogP contribution in [0.1, 0.15) is 5.56 Å². The topological polar surface area (TPSA) is 40.5 Å². The molecular weight excluding hydrogens is 245 g/mol. The highest BCUT2D eigenvalue weighted by molar-refractivity contribution is 6.32. The number of halogens is 2. The summed E-state index contributed by atoms with van der Waals surface area (Å²) in [5.74, 6) is -0.722. The third kappa shape index (κ3) is 2.65. The second-order valence-corrected chi connectivity index (χ2v) is 4.27. The van der Waals surface area contributed by atoms with Crippen molar-refractivity contribution < 1.29 is 14.3 Å². The van der Waals surface area contributed by atoms with Crippen LogP contribution in [-0.2, 0) is 4.79 Å². The van der Waals surface area contributed by atoms with E-state index in [1.54, 1.807) is 6.07 Å². The predicted molar refractivity (Wildman–Crippen MR) is 63.0 cm³/mol. The van der Waals surface area contributed by atoms with Crippen molar-refractivity contribution >= 4 is 23.6 Å². The molecule has 1 aliphatic heterocycles. The molecule has 90 valence electrons. The molecule has 1 N–H and O–H groups in total.